The summed E-state index contributed by atoms with van der Waals surface area (Å²) in [5.41, 5.74) is 4.34. The fourth-order valence-electron chi connectivity index (χ4n) is 1.25. The molecule has 0 unspecified atom stereocenters. The van der Waals surface area contributed by atoms with Gasteiger partial charge in [0.1, 0.15) is 0 Å². The van der Waals surface area contributed by atoms with Gasteiger partial charge < -0.3 is 0 Å². The molecule has 1 saturated heterocycles. The van der Waals surface area contributed by atoms with Gasteiger partial charge in [-0.15, -0.1) is 5.43 Å². The molecule has 1 rings (SSSR count). The molecule has 1 radical (unpaired) electrons. The van der Waals surface area contributed by atoms with Gasteiger partial charge in [-0.1, -0.05) is 13.8 Å². The summed E-state index contributed by atoms with van der Waals surface area (Å²) >= 11 is 0. The molecule has 0 aromatic rings. The second kappa shape index (κ2) is 3.91. The van der Waals surface area contributed by atoms with Gasteiger partial charge in [0.2, 0.25) is 0 Å². The molecule has 1 aliphatic rings. The Kier molecular flexibility index (Phi) is 3.12. The first kappa shape index (κ1) is 7.98. The predicted molar refractivity (Wildman–Crippen MR) is 41.2 cm³/mol. The largest absolute Gasteiger partial charge is 0.227 e. The van der Waals surface area contributed by atoms with Gasteiger partial charge in [0.15, 0.2) is 0 Å². The fourth-order valence-corrected chi connectivity index (χ4v) is 1.25. The van der Waals surface area contributed by atoms with E-state index < -0.39 is 0 Å². The zero-order valence-corrected chi connectivity index (χ0v) is 6.88. The van der Waals surface area contributed by atoms with Crippen LogP contribution in [-0.4, -0.2) is 36.3 Å². The third-order valence-electron chi connectivity index (χ3n) is 1.84. The maximum Gasteiger partial charge on any atom is 0.0334 e. The van der Waals surface area contributed by atoms with E-state index in [1.165, 1.54) is 6.42 Å². The molecule has 0 atom stereocenters. The van der Waals surface area contributed by atoms with Crippen LogP contribution in [0.2, 0.25) is 0 Å². The van der Waals surface area contributed by atoms with Gasteiger partial charge in [-0.3, -0.25) is 0 Å². The molecule has 0 saturated carbocycles. The number of hydrogen-bond acceptors (Lipinski definition) is 2. The van der Waals surface area contributed by atoms with Gasteiger partial charge in [-0.2, -0.15) is 5.12 Å². The van der Waals surface area contributed by atoms with Crippen LogP contribution in [0.3, 0.4) is 0 Å². The number of nitrogens with zero attached hydrogens (tertiary/aromatic N) is 3. The SMILES string of the molecule is CCN(CC)N1CCC[N]1. The van der Waals surface area contributed by atoms with E-state index in [4.69, 9.17) is 0 Å². The molecule has 10 heavy (non-hydrogen) atoms. The van der Waals surface area contributed by atoms with E-state index in [9.17, 15) is 0 Å². The Hall–Kier alpha value is -0.120. The van der Waals surface area contributed by atoms with Crippen molar-refractivity contribution in [3.63, 3.8) is 0 Å². The monoisotopic (exact) mass is 142 g/mol. The van der Waals surface area contributed by atoms with Crippen molar-refractivity contribution in [3.05, 3.63) is 0 Å². The van der Waals surface area contributed by atoms with E-state index in [2.05, 4.69) is 29.4 Å². The van der Waals surface area contributed by atoms with Crippen molar-refractivity contribution in [2.75, 3.05) is 26.2 Å². The average molecular weight is 142 g/mol. The maximum absolute atomic E-state index is 4.34. The van der Waals surface area contributed by atoms with Gasteiger partial charge in [0, 0.05) is 26.2 Å². The van der Waals surface area contributed by atoms with E-state index >= 15 is 0 Å². The molecule has 3 nitrogen and oxygen atoms in total. The Morgan fingerprint density at radius 1 is 1.40 bits per heavy atom. The normalized spacial score (nSPS) is 20.7. The van der Waals surface area contributed by atoms with Gasteiger partial charge in [0.05, 0.1) is 0 Å². The van der Waals surface area contributed by atoms with Crippen molar-refractivity contribution < 1.29 is 0 Å². The fraction of sp³-hybridized carbons (Fsp3) is 1.00. The summed E-state index contributed by atoms with van der Waals surface area (Å²) in [5.74, 6) is 0. The van der Waals surface area contributed by atoms with Crippen molar-refractivity contribution >= 4 is 0 Å². The van der Waals surface area contributed by atoms with Gasteiger partial charge >= 0.3 is 0 Å². The highest BCUT2D eigenvalue weighted by molar-refractivity contribution is 4.58. The van der Waals surface area contributed by atoms with Crippen LogP contribution in [0.1, 0.15) is 20.3 Å². The average Bonchev–Trinajstić information content (AvgIpc) is 2.43. The van der Waals surface area contributed by atoms with Gasteiger partial charge in [-0.05, 0) is 6.42 Å². The van der Waals surface area contributed by atoms with Crippen molar-refractivity contribution in [1.29, 1.82) is 0 Å². The van der Waals surface area contributed by atoms with Gasteiger partial charge in [0.25, 0.3) is 0 Å². The lowest BCUT2D eigenvalue weighted by Crippen LogP contribution is -2.43. The van der Waals surface area contributed by atoms with E-state index in [0.717, 1.165) is 26.2 Å². The lowest BCUT2D eigenvalue weighted by atomic mass is 10.5. The zero-order valence-electron chi connectivity index (χ0n) is 6.88. The lowest BCUT2D eigenvalue weighted by molar-refractivity contribution is -0.0392. The van der Waals surface area contributed by atoms with Crippen LogP contribution in [0.5, 0.6) is 0 Å². The van der Waals surface area contributed by atoms with Crippen molar-refractivity contribution in [2.24, 2.45) is 0 Å². The molecule has 0 aromatic carbocycles. The van der Waals surface area contributed by atoms with Gasteiger partial charge in [-0.25, -0.2) is 5.01 Å². The number of hydrazine groups is 1. The Morgan fingerprint density at radius 2 is 2.10 bits per heavy atom. The first-order valence-electron chi connectivity index (χ1n) is 4.08. The Morgan fingerprint density at radius 3 is 2.50 bits per heavy atom. The molecule has 0 spiro atoms. The molecule has 1 aliphatic heterocycles. The molecular formula is C7H16N3. The molecule has 59 valence electrons. The quantitative estimate of drug-likeness (QED) is 0.571. The second-order valence-electron chi connectivity index (χ2n) is 2.45. The molecule has 0 aromatic heterocycles. The second-order valence-corrected chi connectivity index (χ2v) is 2.45. The third-order valence-corrected chi connectivity index (χ3v) is 1.84. The summed E-state index contributed by atoms with van der Waals surface area (Å²) in [6.07, 6.45) is 1.22. The van der Waals surface area contributed by atoms with Crippen LogP contribution in [0, 0.1) is 0 Å². The minimum absolute atomic E-state index is 1.01. The summed E-state index contributed by atoms with van der Waals surface area (Å²) in [7, 11) is 0. The maximum atomic E-state index is 4.34. The van der Waals surface area contributed by atoms with Crippen LogP contribution in [-0.2, 0) is 0 Å². The standard InChI is InChI=1S/C7H16N3/c1-3-9(4-2)10-7-5-6-8-10/h3-7H2,1-2H3. The lowest BCUT2D eigenvalue weighted by Gasteiger charge is -2.27. The minimum atomic E-state index is 1.01. The van der Waals surface area contributed by atoms with E-state index in [1.54, 1.807) is 0 Å². The molecule has 0 amide bonds. The molecular weight excluding hydrogens is 126 g/mol. The molecule has 0 aliphatic carbocycles. The number of hydrogen-bond donors (Lipinski definition) is 0. The molecule has 0 bridgehead atoms. The third kappa shape index (κ3) is 1.68. The van der Waals surface area contributed by atoms with Crippen LogP contribution in [0.25, 0.3) is 0 Å². The van der Waals surface area contributed by atoms with E-state index in [0.29, 0.717) is 0 Å². The van der Waals surface area contributed by atoms with Crippen LogP contribution in [0.15, 0.2) is 0 Å². The van der Waals surface area contributed by atoms with E-state index in [-0.39, 0.29) is 0 Å². The first-order chi connectivity index (χ1) is 4.88. The summed E-state index contributed by atoms with van der Waals surface area (Å²) in [6.45, 7) is 8.59. The van der Waals surface area contributed by atoms with E-state index in [1.807, 2.05) is 0 Å². The smallest absolute Gasteiger partial charge is 0.0334 e. The van der Waals surface area contributed by atoms with Crippen molar-refractivity contribution in [1.82, 2.24) is 15.6 Å². The summed E-state index contributed by atoms with van der Waals surface area (Å²) in [6, 6.07) is 0. The van der Waals surface area contributed by atoms with Crippen molar-refractivity contribution in [2.45, 2.75) is 20.3 Å². The van der Waals surface area contributed by atoms with Crippen molar-refractivity contribution in [3.8, 4) is 0 Å². The Bertz CT molecular complexity index is 84.9. The Balaban J connectivity index is 2.29. The highest BCUT2D eigenvalue weighted by atomic mass is 15.8. The predicted octanol–water partition coefficient (Wildman–Crippen LogP) is 0.468. The number of rotatable bonds is 3. The molecule has 1 heterocycles. The summed E-state index contributed by atoms with van der Waals surface area (Å²) in [4.78, 5) is 0. The van der Waals surface area contributed by atoms with Crippen LogP contribution >= 0.6 is 0 Å². The molecule has 0 N–H and O–H groups in total. The molecule has 3 heteroatoms. The first-order valence-corrected chi connectivity index (χ1v) is 4.08. The highest BCUT2D eigenvalue weighted by Crippen LogP contribution is 2.02. The Labute approximate surface area is 62.9 Å². The molecule has 1 fully saturated rings. The van der Waals surface area contributed by atoms with Crippen LogP contribution in [0.4, 0.5) is 0 Å². The highest BCUT2D eigenvalue weighted by Gasteiger charge is 2.16. The minimum Gasteiger partial charge on any atom is -0.227 e. The summed E-state index contributed by atoms with van der Waals surface area (Å²) < 4.78 is 0. The zero-order chi connectivity index (χ0) is 7.40. The topological polar surface area (TPSA) is 20.6 Å². The summed E-state index contributed by atoms with van der Waals surface area (Å²) in [5, 5.41) is 4.35. The van der Waals surface area contributed by atoms with Crippen LogP contribution < -0.4 is 5.43 Å².